The van der Waals surface area contributed by atoms with Crippen LogP contribution in [0.15, 0.2) is 30.5 Å². The third kappa shape index (κ3) is 2.29. The summed E-state index contributed by atoms with van der Waals surface area (Å²) >= 11 is 0. The quantitative estimate of drug-likeness (QED) is 0.732. The molecule has 2 rings (SSSR count). The molecule has 3 heteroatoms. The number of methoxy groups -OCH3 is 1. The second-order valence-electron chi connectivity index (χ2n) is 2.86. The van der Waals surface area contributed by atoms with Crippen LogP contribution >= 0.6 is 0 Å². The number of hydrogen-bond donors (Lipinski definition) is 0. The van der Waals surface area contributed by atoms with Gasteiger partial charge in [-0.3, -0.25) is 4.98 Å². The Bertz CT molecular complexity index is 515. The van der Waals surface area contributed by atoms with E-state index in [1.165, 1.54) is 0 Å². The fourth-order valence-corrected chi connectivity index (χ4v) is 1.36. The number of nitrogens with zero attached hydrogens (tertiary/aromatic N) is 2. The summed E-state index contributed by atoms with van der Waals surface area (Å²) in [4.78, 5) is 4.16. The van der Waals surface area contributed by atoms with E-state index < -0.39 is 0 Å². The van der Waals surface area contributed by atoms with Crippen molar-refractivity contribution >= 4 is 10.9 Å². The van der Waals surface area contributed by atoms with Crippen LogP contribution in [0, 0.1) is 11.3 Å². The van der Waals surface area contributed by atoms with Crippen LogP contribution in [-0.2, 0) is 0 Å². The molecule has 0 unspecified atom stereocenters. The maximum absolute atomic E-state index is 8.73. The van der Waals surface area contributed by atoms with Crippen molar-refractivity contribution in [1.29, 1.82) is 5.26 Å². The first-order valence-electron chi connectivity index (χ1n) is 5.18. The molecule has 0 amide bonds. The van der Waals surface area contributed by atoms with Gasteiger partial charge in [-0.05, 0) is 18.2 Å². The summed E-state index contributed by atoms with van der Waals surface area (Å²) in [5.41, 5.74) is 1.38. The fraction of sp³-hybridized carbons (Fsp3) is 0.231. The van der Waals surface area contributed by atoms with Crippen LogP contribution in [-0.4, -0.2) is 12.1 Å². The molecule has 0 saturated carbocycles. The van der Waals surface area contributed by atoms with Gasteiger partial charge in [0.1, 0.15) is 11.8 Å². The Morgan fingerprint density at radius 1 is 1.31 bits per heavy atom. The molecule has 0 N–H and O–H groups in total. The van der Waals surface area contributed by atoms with Crippen LogP contribution in [0.2, 0.25) is 0 Å². The predicted octanol–water partition coefficient (Wildman–Crippen LogP) is 3.14. The molecule has 0 aliphatic carbocycles. The summed E-state index contributed by atoms with van der Waals surface area (Å²) in [6.07, 6.45) is 1.56. The molecular weight excluding hydrogens is 200 g/mol. The molecule has 0 saturated heterocycles. The fourth-order valence-electron chi connectivity index (χ4n) is 1.36. The molecule has 2 aromatic rings. The molecule has 1 aromatic carbocycles. The molecule has 0 radical (unpaired) electrons. The smallest absolute Gasteiger partial charge is 0.128 e. The van der Waals surface area contributed by atoms with Crippen molar-refractivity contribution in [1.82, 2.24) is 4.98 Å². The zero-order chi connectivity index (χ0) is 12.0. The van der Waals surface area contributed by atoms with Gasteiger partial charge in [-0.1, -0.05) is 19.9 Å². The van der Waals surface area contributed by atoms with E-state index >= 15 is 0 Å². The van der Waals surface area contributed by atoms with E-state index in [2.05, 4.69) is 11.1 Å². The lowest BCUT2D eigenvalue weighted by molar-refractivity contribution is 0.419. The topological polar surface area (TPSA) is 45.9 Å². The predicted molar refractivity (Wildman–Crippen MR) is 64.4 cm³/mol. The van der Waals surface area contributed by atoms with Gasteiger partial charge in [-0.25, -0.2) is 0 Å². The maximum atomic E-state index is 8.73. The number of nitriles is 1. The summed E-state index contributed by atoms with van der Waals surface area (Å²) in [5.74, 6) is 0.743. The minimum absolute atomic E-state index is 0.544. The van der Waals surface area contributed by atoms with Crippen molar-refractivity contribution in [3.63, 3.8) is 0 Å². The van der Waals surface area contributed by atoms with Gasteiger partial charge in [0, 0.05) is 11.6 Å². The lowest BCUT2D eigenvalue weighted by Gasteiger charge is -2.03. The maximum Gasteiger partial charge on any atom is 0.128 e. The summed E-state index contributed by atoms with van der Waals surface area (Å²) < 4.78 is 5.18. The number of fused-ring (bicyclic) bond motifs is 1. The van der Waals surface area contributed by atoms with E-state index in [1.807, 2.05) is 32.0 Å². The van der Waals surface area contributed by atoms with Gasteiger partial charge in [-0.2, -0.15) is 5.26 Å². The molecule has 0 spiro atoms. The molecule has 0 bridgehead atoms. The Labute approximate surface area is 95.3 Å². The minimum atomic E-state index is 0.544. The van der Waals surface area contributed by atoms with E-state index in [0.29, 0.717) is 5.56 Å². The molecule has 0 aliphatic heterocycles. The average molecular weight is 214 g/mol. The lowest BCUT2D eigenvalue weighted by Crippen LogP contribution is -1.87. The van der Waals surface area contributed by atoms with Gasteiger partial charge in [0.15, 0.2) is 0 Å². The van der Waals surface area contributed by atoms with Crippen molar-refractivity contribution in [3.8, 4) is 11.8 Å². The molecular formula is C13H14N2O. The van der Waals surface area contributed by atoms with E-state index in [1.54, 1.807) is 19.4 Å². The number of pyridine rings is 1. The monoisotopic (exact) mass is 214 g/mol. The van der Waals surface area contributed by atoms with Crippen LogP contribution in [0.25, 0.3) is 10.9 Å². The van der Waals surface area contributed by atoms with Crippen molar-refractivity contribution < 1.29 is 4.74 Å². The average Bonchev–Trinajstić information content (AvgIpc) is 2.39. The zero-order valence-corrected chi connectivity index (χ0v) is 9.69. The number of rotatable bonds is 1. The van der Waals surface area contributed by atoms with Crippen molar-refractivity contribution in [2.75, 3.05) is 7.11 Å². The second-order valence-corrected chi connectivity index (χ2v) is 2.86. The van der Waals surface area contributed by atoms with Crippen LogP contribution in [0.5, 0.6) is 5.75 Å². The summed E-state index contributed by atoms with van der Waals surface area (Å²) in [6.45, 7) is 4.00. The van der Waals surface area contributed by atoms with E-state index in [-0.39, 0.29) is 0 Å². The first-order valence-corrected chi connectivity index (χ1v) is 5.18. The van der Waals surface area contributed by atoms with E-state index in [0.717, 1.165) is 16.7 Å². The summed E-state index contributed by atoms with van der Waals surface area (Å²) in [7, 11) is 1.60. The Balaban J connectivity index is 0.000000606. The molecule has 82 valence electrons. The van der Waals surface area contributed by atoms with Crippen molar-refractivity contribution in [2.24, 2.45) is 0 Å². The second kappa shape index (κ2) is 5.72. The standard InChI is InChI=1S/C11H8N2O.C2H6/c1-14-11-4-2-3-10-9(11)5-8(6-12)7-13-10;1-2/h2-5,7H,1H3;1-2H3. The molecule has 0 fully saturated rings. The van der Waals surface area contributed by atoms with Gasteiger partial charge in [0.2, 0.25) is 0 Å². The first kappa shape index (κ1) is 12.0. The highest BCUT2D eigenvalue weighted by molar-refractivity contribution is 5.85. The highest BCUT2D eigenvalue weighted by atomic mass is 16.5. The van der Waals surface area contributed by atoms with Gasteiger partial charge in [-0.15, -0.1) is 0 Å². The zero-order valence-electron chi connectivity index (χ0n) is 9.69. The van der Waals surface area contributed by atoms with Gasteiger partial charge in [0.05, 0.1) is 18.2 Å². The highest BCUT2D eigenvalue weighted by Gasteiger charge is 2.02. The molecule has 16 heavy (non-hydrogen) atoms. The van der Waals surface area contributed by atoms with E-state index in [9.17, 15) is 0 Å². The normalized spacial score (nSPS) is 8.88. The van der Waals surface area contributed by atoms with Crippen LogP contribution in [0.4, 0.5) is 0 Å². The largest absolute Gasteiger partial charge is 0.496 e. The number of aromatic nitrogens is 1. The molecule has 0 aliphatic rings. The Morgan fingerprint density at radius 3 is 2.69 bits per heavy atom. The molecule has 3 nitrogen and oxygen atoms in total. The third-order valence-electron chi connectivity index (χ3n) is 2.03. The van der Waals surface area contributed by atoms with Crippen molar-refractivity contribution in [3.05, 3.63) is 36.0 Å². The number of hydrogen-bond acceptors (Lipinski definition) is 3. The third-order valence-corrected chi connectivity index (χ3v) is 2.03. The van der Waals surface area contributed by atoms with Crippen LogP contribution in [0.1, 0.15) is 19.4 Å². The van der Waals surface area contributed by atoms with Gasteiger partial charge in [0.25, 0.3) is 0 Å². The SMILES string of the molecule is CC.COc1cccc2ncc(C#N)cc12. The van der Waals surface area contributed by atoms with E-state index in [4.69, 9.17) is 10.00 Å². The lowest BCUT2D eigenvalue weighted by atomic mass is 10.1. The molecule has 1 aromatic heterocycles. The molecule has 1 heterocycles. The van der Waals surface area contributed by atoms with Gasteiger partial charge < -0.3 is 4.74 Å². The molecule has 0 atom stereocenters. The summed E-state index contributed by atoms with van der Waals surface area (Å²) in [6, 6.07) is 9.45. The highest BCUT2D eigenvalue weighted by Crippen LogP contribution is 2.24. The first-order chi connectivity index (χ1) is 7.85. The Hall–Kier alpha value is -2.08. The van der Waals surface area contributed by atoms with Crippen molar-refractivity contribution in [2.45, 2.75) is 13.8 Å². The minimum Gasteiger partial charge on any atom is -0.496 e. The Morgan fingerprint density at radius 2 is 2.06 bits per heavy atom. The number of benzene rings is 1. The van der Waals surface area contributed by atoms with Gasteiger partial charge >= 0.3 is 0 Å². The summed E-state index contributed by atoms with van der Waals surface area (Å²) in [5, 5.41) is 9.60. The van der Waals surface area contributed by atoms with Crippen LogP contribution < -0.4 is 4.74 Å². The number of ether oxygens (including phenoxy) is 1. The Kier molecular flexibility index (Phi) is 4.28. The van der Waals surface area contributed by atoms with Crippen LogP contribution in [0.3, 0.4) is 0 Å².